The first-order chi connectivity index (χ1) is 7.86. The van der Waals surface area contributed by atoms with Crippen molar-refractivity contribution in [1.82, 2.24) is 14.9 Å². The molecule has 0 aliphatic carbocycles. The van der Waals surface area contributed by atoms with Crippen molar-refractivity contribution in [3.63, 3.8) is 0 Å². The molecular weight excluding hydrogens is 258 g/mol. The second-order valence-corrected chi connectivity index (χ2v) is 6.23. The lowest BCUT2D eigenvalue weighted by atomic mass is 9.91. The normalized spacial score (nSPS) is 13.5. The highest BCUT2D eigenvalue weighted by atomic mass is 35.5. The lowest BCUT2D eigenvalue weighted by Gasteiger charge is -2.16. The maximum absolute atomic E-state index is 12.0. The molecule has 0 spiro atoms. The summed E-state index contributed by atoms with van der Waals surface area (Å²) in [6.07, 6.45) is 0. The van der Waals surface area contributed by atoms with Gasteiger partial charge in [-0.05, 0) is 17.5 Å². The molecule has 1 N–H and O–H groups in total. The standard InChI is InChI=1S/C11H18ClN3OS/c1-7(5-12)6-13-10(16)8-9(11(2,3)4)14-15-17-8/h7H,5-6H2,1-4H3,(H,13,16). The van der Waals surface area contributed by atoms with Crippen LogP contribution in [0.5, 0.6) is 0 Å². The highest BCUT2D eigenvalue weighted by molar-refractivity contribution is 7.08. The summed E-state index contributed by atoms with van der Waals surface area (Å²) in [4.78, 5) is 12.6. The molecule has 96 valence electrons. The molecule has 4 nitrogen and oxygen atoms in total. The van der Waals surface area contributed by atoms with Crippen molar-refractivity contribution in [1.29, 1.82) is 0 Å². The highest BCUT2D eigenvalue weighted by Gasteiger charge is 2.26. The smallest absolute Gasteiger partial charge is 0.264 e. The van der Waals surface area contributed by atoms with Crippen LogP contribution in [0.25, 0.3) is 0 Å². The molecule has 0 saturated heterocycles. The molecule has 1 rings (SSSR count). The van der Waals surface area contributed by atoms with Crippen molar-refractivity contribution in [2.24, 2.45) is 5.92 Å². The number of alkyl halides is 1. The second kappa shape index (κ2) is 5.78. The average molecular weight is 276 g/mol. The predicted molar refractivity (Wildman–Crippen MR) is 70.8 cm³/mol. The third-order valence-electron chi connectivity index (χ3n) is 2.28. The maximum atomic E-state index is 12.0. The Morgan fingerprint density at radius 3 is 2.71 bits per heavy atom. The Morgan fingerprint density at radius 2 is 2.18 bits per heavy atom. The number of carbonyl (C=O) groups excluding carboxylic acids is 1. The minimum atomic E-state index is -0.169. The van der Waals surface area contributed by atoms with Gasteiger partial charge in [-0.1, -0.05) is 32.2 Å². The van der Waals surface area contributed by atoms with E-state index in [9.17, 15) is 4.79 Å². The van der Waals surface area contributed by atoms with Gasteiger partial charge in [0.2, 0.25) is 0 Å². The summed E-state index contributed by atoms with van der Waals surface area (Å²) >= 11 is 6.83. The molecular formula is C11H18ClN3OS. The molecule has 0 aliphatic rings. The molecule has 0 aromatic carbocycles. The summed E-state index contributed by atoms with van der Waals surface area (Å²) in [6.45, 7) is 8.61. The van der Waals surface area contributed by atoms with E-state index in [1.165, 1.54) is 0 Å². The van der Waals surface area contributed by atoms with Crippen LogP contribution in [0.4, 0.5) is 0 Å². The molecule has 0 radical (unpaired) electrons. The Hall–Kier alpha value is -0.680. The summed E-state index contributed by atoms with van der Waals surface area (Å²) in [7, 11) is 0. The molecule has 1 heterocycles. The zero-order chi connectivity index (χ0) is 13.1. The minimum absolute atomic E-state index is 0.109. The van der Waals surface area contributed by atoms with Crippen LogP contribution >= 0.6 is 23.1 Å². The van der Waals surface area contributed by atoms with Crippen molar-refractivity contribution < 1.29 is 4.79 Å². The van der Waals surface area contributed by atoms with E-state index in [1.807, 2.05) is 27.7 Å². The Morgan fingerprint density at radius 1 is 1.53 bits per heavy atom. The van der Waals surface area contributed by atoms with Crippen LogP contribution < -0.4 is 5.32 Å². The Balaban J connectivity index is 2.73. The molecule has 17 heavy (non-hydrogen) atoms. The first-order valence-corrected chi connectivity index (χ1v) is 6.84. The maximum Gasteiger partial charge on any atom is 0.264 e. The summed E-state index contributed by atoms with van der Waals surface area (Å²) in [5, 5.41) is 6.89. The Bertz CT molecular complexity index is 386. The zero-order valence-corrected chi connectivity index (χ0v) is 12.2. The largest absolute Gasteiger partial charge is 0.351 e. The molecule has 0 aliphatic heterocycles. The van der Waals surface area contributed by atoms with Crippen molar-refractivity contribution in [3.05, 3.63) is 10.6 Å². The van der Waals surface area contributed by atoms with Crippen LogP contribution in [-0.4, -0.2) is 27.9 Å². The number of hydrogen-bond acceptors (Lipinski definition) is 4. The van der Waals surface area contributed by atoms with E-state index >= 15 is 0 Å². The lowest BCUT2D eigenvalue weighted by molar-refractivity contribution is 0.0951. The van der Waals surface area contributed by atoms with Gasteiger partial charge < -0.3 is 5.32 Å². The molecule has 1 unspecified atom stereocenters. The fourth-order valence-electron chi connectivity index (χ4n) is 1.23. The number of aromatic nitrogens is 2. The number of carbonyl (C=O) groups is 1. The third kappa shape index (κ3) is 3.92. The van der Waals surface area contributed by atoms with Crippen molar-refractivity contribution in [2.45, 2.75) is 33.1 Å². The SMILES string of the molecule is CC(CCl)CNC(=O)c1snnc1C(C)(C)C. The summed E-state index contributed by atoms with van der Waals surface area (Å²) in [6, 6.07) is 0. The van der Waals surface area contributed by atoms with Crippen LogP contribution in [0.2, 0.25) is 0 Å². The zero-order valence-electron chi connectivity index (χ0n) is 10.6. The van der Waals surface area contributed by atoms with Gasteiger partial charge in [0.15, 0.2) is 0 Å². The monoisotopic (exact) mass is 275 g/mol. The Labute approximate surface area is 111 Å². The van der Waals surface area contributed by atoms with Gasteiger partial charge in [-0.25, -0.2) is 0 Å². The molecule has 6 heteroatoms. The second-order valence-electron chi connectivity index (χ2n) is 5.17. The predicted octanol–water partition coefficient (Wildman–Crippen LogP) is 2.44. The quantitative estimate of drug-likeness (QED) is 0.859. The lowest BCUT2D eigenvalue weighted by Crippen LogP contribution is -2.30. The van der Waals surface area contributed by atoms with Crippen molar-refractivity contribution >= 4 is 29.0 Å². The van der Waals surface area contributed by atoms with Crippen LogP contribution in [0, 0.1) is 5.92 Å². The fraction of sp³-hybridized carbons (Fsp3) is 0.727. The number of halogens is 1. The van der Waals surface area contributed by atoms with Gasteiger partial charge in [-0.15, -0.1) is 16.7 Å². The van der Waals surface area contributed by atoms with E-state index < -0.39 is 0 Å². The fourth-order valence-corrected chi connectivity index (χ4v) is 2.13. The molecule has 0 bridgehead atoms. The van der Waals surface area contributed by atoms with Gasteiger partial charge in [0.1, 0.15) is 4.88 Å². The van der Waals surface area contributed by atoms with Crippen molar-refractivity contribution in [3.8, 4) is 0 Å². The van der Waals surface area contributed by atoms with Crippen LogP contribution in [0.15, 0.2) is 0 Å². The van der Waals surface area contributed by atoms with Crippen molar-refractivity contribution in [2.75, 3.05) is 12.4 Å². The van der Waals surface area contributed by atoms with Gasteiger partial charge >= 0.3 is 0 Å². The van der Waals surface area contributed by atoms with Gasteiger partial charge in [0.05, 0.1) is 5.69 Å². The van der Waals surface area contributed by atoms with E-state index in [1.54, 1.807) is 0 Å². The first-order valence-electron chi connectivity index (χ1n) is 5.53. The first kappa shape index (κ1) is 14.4. The van der Waals surface area contributed by atoms with Crippen LogP contribution in [0.3, 0.4) is 0 Å². The molecule has 1 aromatic heterocycles. The Kier molecular flexibility index (Phi) is 4.89. The van der Waals surface area contributed by atoms with Gasteiger partial charge in [0, 0.05) is 17.8 Å². The van der Waals surface area contributed by atoms with Gasteiger partial charge in [0.25, 0.3) is 5.91 Å². The number of hydrogen-bond donors (Lipinski definition) is 1. The number of nitrogens with zero attached hydrogens (tertiary/aromatic N) is 2. The molecule has 1 amide bonds. The van der Waals surface area contributed by atoms with Gasteiger partial charge in [-0.3, -0.25) is 4.79 Å². The van der Waals surface area contributed by atoms with Crippen LogP contribution in [-0.2, 0) is 5.41 Å². The van der Waals surface area contributed by atoms with E-state index in [4.69, 9.17) is 11.6 Å². The van der Waals surface area contributed by atoms with E-state index in [0.29, 0.717) is 17.3 Å². The molecule has 0 saturated carbocycles. The van der Waals surface area contributed by atoms with E-state index in [0.717, 1.165) is 17.2 Å². The number of amides is 1. The summed E-state index contributed by atoms with van der Waals surface area (Å²) < 4.78 is 3.86. The highest BCUT2D eigenvalue weighted by Crippen LogP contribution is 2.25. The van der Waals surface area contributed by atoms with E-state index in [-0.39, 0.29) is 17.2 Å². The van der Waals surface area contributed by atoms with Crippen LogP contribution in [0.1, 0.15) is 43.1 Å². The number of nitrogens with one attached hydrogen (secondary N) is 1. The third-order valence-corrected chi connectivity index (χ3v) is 3.53. The summed E-state index contributed by atoms with van der Waals surface area (Å²) in [5.41, 5.74) is 0.580. The van der Waals surface area contributed by atoms with E-state index in [2.05, 4.69) is 14.9 Å². The number of rotatable bonds is 4. The average Bonchev–Trinajstić information content (AvgIpc) is 2.73. The molecule has 1 aromatic rings. The minimum Gasteiger partial charge on any atom is -0.351 e. The summed E-state index contributed by atoms with van der Waals surface area (Å²) in [5.74, 6) is 0.689. The molecule has 0 fully saturated rings. The van der Waals surface area contributed by atoms with Gasteiger partial charge in [-0.2, -0.15) is 0 Å². The topological polar surface area (TPSA) is 54.9 Å². The molecule has 1 atom stereocenters.